The van der Waals surface area contributed by atoms with E-state index >= 15 is 0 Å². The fraction of sp³-hybridized carbons (Fsp3) is 0.344. The van der Waals surface area contributed by atoms with Crippen molar-refractivity contribution in [2.24, 2.45) is 0 Å². The molecule has 1 amide bonds. The first-order valence-electron chi connectivity index (χ1n) is 14.7. The summed E-state index contributed by atoms with van der Waals surface area (Å²) in [4.78, 5) is 39.2. The number of fused-ring (bicyclic) bond motifs is 1. The van der Waals surface area contributed by atoms with Crippen LogP contribution in [0.25, 0.3) is 11.2 Å². The van der Waals surface area contributed by atoms with Gasteiger partial charge in [-0.3, -0.25) is 13.9 Å². The highest BCUT2D eigenvalue weighted by molar-refractivity contribution is 7.57. The van der Waals surface area contributed by atoms with Crippen LogP contribution in [0.1, 0.15) is 54.6 Å². The fourth-order valence-electron chi connectivity index (χ4n) is 4.97. The summed E-state index contributed by atoms with van der Waals surface area (Å²) in [6, 6.07) is 17.2. The zero-order valence-electron chi connectivity index (χ0n) is 26.0. The number of imidazole rings is 1. The van der Waals surface area contributed by atoms with Crippen molar-refractivity contribution in [2.45, 2.75) is 64.4 Å². The number of methoxy groups -OCH3 is 1. The molecule has 5 rings (SSSR count). The van der Waals surface area contributed by atoms with Gasteiger partial charge in [-0.05, 0) is 58.0 Å². The van der Waals surface area contributed by atoms with Crippen molar-refractivity contribution in [3.05, 3.63) is 96.3 Å². The Hall–Kier alpha value is -4.26. The van der Waals surface area contributed by atoms with E-state index in [1.54, 1.807) is 86.9 Å². The molecule has 1 aliphatic heterocycles. The van der Waals surface area contributed by atoms with E-state index in [2.05, 4.69) is 20.3 Å². The summed E-state index contributed by atoms with van der Waals surface area (Å²) < 4.78 is 44.8. The number of hydrogen-bond acceptors (Lipinski definition) is 11. The van der Waals surface area contributed by atoms with Gasteiger partial charge in [0.2, 0.25) is 0 Å². The molecule has 13 nitrogen and oxygen atoms in total. The molecule has 1 N–H and O–H groups in total. The SMILES string of the molecule is COC1C(OC(=O)c2ccccc2)C(C=CP(=O)(OC(C)C)OC(C)C)OC1n1cnc2c(NC(=O)c3ccccc3)ncnc21. The quantitative estimate of drug-likeness (QED) is 0.147. The first-order chi connectivity index (χ1) is 22.1. The van der Waals surface area contributed by atoms with Gasteiger partial charge in [0.05, 0.1) is 24.1 Å². The second kappa shape index (κ2) is 14.4. The molecule has 242 valence electrons. The van der Waals surface area contributed by atoms with Gasteiger partial charge in [-0.1, -0.05) is 36.4 Å². The Morgan fingerprint density at radius 2 is 1.54 bits per heavy atom. The Labute approximate surface area is 266 Å². The van der Waals surface area contributed by atoms with Gasteiger partial charge in [-0.25, -0.2) is 19.7 Å². The van der Waals surface area contributed by atoms with E-state index in [1.165, 1.54) is 31.7 Å². The van der Waals surface area contributed by atoms with E-state index in [0.717, 1.165) is 0 Å². The lowest BCUT2D eigenvalue weighted by Gasteiger charge is -2.23. The average Bonchev–Trinajstić information content (AvgIpc) is 3.61. The summed E-state index contributed by atoms with van der Waals surface area (Å²) >= 11 is 0. The van der Waals surface area contributed by atoms with Crippen LogP contribution in [0.3, 0.4) is 0 Å². The molecule has 4 atom stereocenters. The highest BCUT2D eigenvalue weighted by Crippen LogP contribution is 2.52. The standard InChI is InChI=1S/C32H36N5O8P/c1-20(2)44-46(40,45-21(3)4)17-16-24-26(43-32(39)23-14-10-7-11-15-23)27(41-5)31(42-24)37-19-35-25-28(33-18-34-29(25)37)36-30(38)22-12-8-6-9-13-22/h6-21,24,26-27,31H,1-5H3,(H,33,34,36,38). The largest absolute Gasteiger partial charge is 0.453 e. The summed E-state index contributed by atoms with van der Waals surface area (Å²) in [7, 11) is -2.25. The van der Waals surface area contributed by atoms with Crippen molar-refractivity contribution in [3.63, 3.8) is 0 Å². The predicted octanol–water partition coefficient (Wildman–Crippen LogP) is 5.77. The van der Waals surface area contributed by atoms with Gasteiger partial charge in [0.15, 0.2) is 29.3 Å². The Morgan fingerprint density at radius 1 is 0.913 bits per heavy atom. The zero-order valence-corrected chi connectivity index (χ0v) is 26.9. The average molecular weight is 650 g/mol. The van der Waals surface area contributed by atoms with Crippen LogP contribution in [-0.2, 0) is 27.8 Å². The Balaban J connectivity index is 1.49. The molecular weight excluding hydrogens is 613 g/mol. The number of nitrogens with zero attached hydrogens (tertiary/aromatic N) is 4. The van der Waals surface area contributed by atoms with E-state index in [1.807, 2.05) is 6.07 Å². The number of carbonyl (C=O) groups is 2. The van der Waals surface area contributed by atoms with Crippen molar-refractivity contribution in [1.29, 1.82) is 0 Å². The van der Waals surface area contributed by atoms with E-state index in [-0.39, 0.29) is 11.7 Å². The number of ether oxygens (including phenoxy) is 3. The third kappa shape index (κ3) is 7.57. The maximum atomic E-state index is 13.6. The van der Waals surface area contributed by atoms with Crippen LogP contribution in [-0.4, -0.2) is 69.0 Å². The van der Waals surface area contributed by atoms with Crippen molar-refractivity contribution >= 4 is 36.5 Å². The van der Waals surface area contributed by atoms with Crippen LogP contribution < -0.4 is 5.32 Å². The fourth-order valence-corrected chi connectivity index (χ4v) is 6.71. The van der Waals surface area contributed by atoms with Gasteiger partial charge in [0.1, 0.15) is 18.5 Å². The van der Waals surface area contributed by atoms with Gasteiger partial charge in [0.25, 0.3) is 5.91 Å². The highest BCUT2D eigenvalue weighted by Gasteiger charge is 2.48. The molecule has 4 unspecified atom stereocenters. The molecule has 1 fully saturated rings. The van der Waals surface area contributed by atoms with E-state index in [4.69, 9.17) is 23.3 Å². The minimum Gasteiger partial charge on any atom is -0.453 e. The van der Waals surface area contributed by atoms with Crippen LogP contribution in [0.5, 0.6) is 0 Å². The Morgan fingerprint density at radius 3 is 2.15 bits per heavy atom. The summed E-state index contributed by atoms with van der Waals surface area (Å²) in [6.07, 6.45) is -0.232. The third-order valence-electron chi connectivity index (χ3n) is 6.82. The molecule has 0 spiro atoms. The number of rotatable bonds is 12. The highest BCUT2D eigenvalue weighted by atomic mass is 31.2. The molecule has 2 aromatic carbocycles. The number of nitrogens with one attached hydrogen (secondary N) is 1. The molecule has 0 bridgehead atoms. The van der Waals surface area contributed by atoms with Gasteiger partial charge >= 0.3 is 13.6 Å². The maximum Gasteiger partial charge on any atom is 0.354 e. The molecule has 0 radical (unpaired) electrons. The second-order valence-electron chi connectivity index (χ2n) is 11.0. The minimum absolute atomic E-state index is 0.200. The summed E-state index contributed by atoms with van der Waals surface area (Å²) in [5.41, 5.74) is 1.42. The minimum atomic E-state index is -3.72. The molecule has 0 saturated carbocycles. The Bertz CT molecular complexity index is 1720. The molecule has 3 heterocycles. The third-order valence-corrected chi connectivity index (χ3v) is 8.79. The van der Waals surface area contributed by atoms with E-state index in [9.17, 15) is 14.2 Å². The lowest BCUT2D eigenvalue weighted by molar-refractivity contribution is -0.0489. The number of aromatic nitrogens is 4. The monoisotopic (exact) mass is 649 g/mol. The molecule has 46 heavy (non-hydrogen) atoms. The van der Waals surface area contributed by atoms with Gasteiger partial charge in [-0.2, -0.15) is 0 Å². The van der Waals surface area contributed by atoms with E-state index in [0.29, 0.717) is 22.3 Å². The van der Waals surface area contributed by atoms with Gasteiger partial charge in [0, 0.05) is 18.5 Å². The van der Waals surface area contributed by atoms with Crippen LogP contribution in [0.4, 0.5) is 5.82 Å². The number of anilines is 1. The summed E-state index contributed by atoms with van der Waals surface area (Å²) in [6.45, 7) is 7.00. The van der Waals surface area contributed by atoms with E-state index < -0.39 is 50.3 Å². The number of esters is 1. The van der Waals surface area contributed by atoms with Crippen LogP contribution >= 0.6 is 7.60 Å². The molecular formula is C32H36N5O8P. The lowest BCUT2D eigenvalue weighted by Crippen LogP contribution is -2.37. The molecule has 1 saturated heterocycles. The lowest BCUT2D eigenvalue weighted by atomic mass is 10.1. The van der Waals surface area contributed by atoms with Crippen molar-refractivity contribution in [3.8, 4) is 0 Å². The number of hydrogen-bond donors (Lipinski definition) is 1. The van der Waals surface area contributed by atoms with Crippen molar-refractivity contribution in [1.82, 2.24) is 19.5 Å². The van der Waals surface area contributed by atoms with Gasteiger partial charge < -0.3 is 28.6 Å². The predicted molar refractivity (Wildman–Crippen MR) is 169 cm³/mol. The number of benzene rings is 2. The van der Waals surface area contributed by atoms with Crippen LogP contribution in [0, 0.1) is 0 Å². The smallest absolute Gasteiger partial charge is 0.354 e. The normalized spacial score (nSPS) is 20.2. The van der Waals surface area contributed by atoms with Crippen molar-refractivity contribution < 1.29 is 37.4 Å². The Kier molecular flexibility index (Phi) is 10.4. The van der Waals surface area contributed by atoms with Gasteiger partial charge in [-0.15, -0.1) is 0 Å². The van der Waals surface area contributed by atoms with Crippen LogP contribution in [0.2, 0.25) is 0 Å². The van der Waals surface area contributed by atoms with Crippen LogP contribution in [0.15, 0.2) is 85.2 Å². The molecule has 4 aromatic rings. The summed E-state index contributed by atoms with van der Waals surface area (Å²) in [5, 5.41) is 2.78. The topological polar surface area (TPSA) is 153 Å². The maximum absolute atomic E-state index is 13.6. The number of carbonyl (C=O) groups excluding carboxylic acids is 2. The first kappa shape index (κ1) is 33.1. The molecule has 2 aromatic heterocycles. The zero-order chi connectivity index (χ0) is 32.8. The number of amides is 1. The first-order valence-corrected chi connectivity index (χ1v) is 16.3. The summed E-state index contributed by atoms with van der Waals surface area (Å²) in [5.74, 6) is 0.558. The molecule has 14 heteroatoms. The van der Waals surface area contributed by atoms with Crippen molar-refractivity contribution in [2.75, 3.05) is 12.4 Å². The molecule has 0 aliphatic carbocycles. The molecule has 1 aliphatic rings. The second-order valence-corrected chi connectivity index (χ2v) is 12.8.